The Hall–Kier alpha value is -1.44. The zero-order chi connectivity index (χ0) is 9.97. The van der Waals surface area contributed by atoms with Gasteiger partial charge in [0.2, 0.25) is 0 Å². The molecule has 0 radical (unpaired) electrons. The predicted molar refractivity (Wildman–Crippen MR) is 56.3 cm³/mol. The summed E-state index contributed by atoms with van der Waals surface area (Å²) in [5, 5.41) is 0. The molecule has 0 aliphatic heterocycles. The van der Waals surface area contributed by atoms with Crippen LogP contribution in [0, 0.1) is 13.8 Å². The first-order valence-corrected chi connectivity index (χ1v) is 4.92. The summed E-state index contributed by atoms with van der Waals surface area (Å²) in [6.07, 6.45) is 2.69. The molecule has 0 aliphatic carbocycles. The van der Waals surface area contributed by atoms with E-state index >= 15 is 0 Å². The number of furan rings is 1. The number of rotatable bonds is 3. The van der Waals surface area contributed by atoms with E-state index in [1.807, 2.05) is 12.1 Å². The lowest BCUT2D eigenvalue weighted by Gasteiger charge is -2.07. The Morgan fingerprint density at radius 3 is 2.43 bits per heavy atom. The first-order valence-electron chi connectivity index (χ1n) is 4.92. The van der Waals surface area contributed by atoms with Crippen molar-refractivity contribution in [3.8, 4) is 0 Å². The zero-order valence-corrected chi connectivity index (χ0v) is 8.66. The number of hydrogen-bond acceptors (Lipinski definition) is 1. The van der Waals surface area contributed by atoms with E-state index in [0.29, 0.717) is 0 Å². The van der Waals surface area contributed by atoms with Crippen LogP contribution in [0.15, 0.2) is 34.9 Å². The van der Waals surface area contributed by atoms with Gasteiger partial charge in [-0.05, 0) is 38.1 Å². The molecule has 74 valence electrons. The van der Waals surface area contributed by atoms with Gasteiger partial charge in [-0.15, -0.1) is 0 Å². The molecule has 0 aliphatic rings. The lowest BCUT2D eigenvalue weighted by atomic mass is 10.3. The molecule has 2 rings (SSSR count). The van der Waals surface area contributed by atoms with Crippen molar-refractivity contribution in [1.29, 1.82) is 0 Å². The van der Waals surface area contributed by atoms with Crippen LogP contribution < -0.4 is 0 Å². The molecule has 0 bridgehead atoms. The number of hydrogen-bond donors (Lipinski definition) is 0. The molecule has 0 N–H and O–H groups in total. The van der Waals surface area contributed by atoms with Crippen molar-refractivity contribution in [3.63, 3.8) is 0 Å². The molecular weight excluding hydrogens is 174 g/mol. The summed E-state index contributed by atoms with van der Waals surface area (Å²) in [6.45, 7) is 5.27. The predicted octanol–water partition coefficient (Wildman–Crippen LogP) is 2.94. The second-order valence-electron chi connectivity index (χ2n) is 3.60. The number of aryl methyl sites for hydroxylation is 3. The Morgan fingerprint density at radius 2 is 1.86 bits per heavy atom. The number of aromatic nitrogens is 1. The third-order valence-corrected chi connectivity index (χ3v) is 2.58. The molecule has 14 heavy (non-hydrogen) atoms. The standard InChI is InChI=1S/C12H15NO/c1-10-5-6-11(2)13(10)8-7-12-4-3-9-14-12/h3-6,9H,7-8H2,1-2H3. The fraction of sp³-hybridized carbons (Fsp3) is 0.333. The van der Waals surface area contributed by atoms with Crippen LogP contribution in [0.3, 0.4) is 0 Å². The minimum atomic E-state index is 0.962. The second kappa shape index (κ2) is 3.74. The topological polar surface area (TPSA) is 18.1 Å². The van der Waals surface area contributed by atoms with Gasteiger partial charge in [0.05, 0.1) is 6.26 Å². The molecule has 0 amide bonds. The largest absolute Gasteiger partial charge is 0.469 e. The smallest absolute Gasteiger partial charge is 0.105 e. The van der Waals surface area contributed by atoms with Crippen molar-refractivity contribution >= 4 is 0 Å². The Bertz CT molecular complexity index is 378. The van der Waals surface area contributed by atoms with E-state index in [1.54, 1.807) is 6.26 Å². The quantitative estimate of drug-likeness (QED) is 0.726. The average molecular weight is 189 g/mol. The molecule has 0 spiro atoms. The molecule has 2 aromatic rings. The van der Waals surface area contributed by atoms with Crippen LogP contribution in [-0.2, 0) is 13.0 Å². The third-order valence-electron chi connectivity index (χ3n) is 2.58. The van der Waals surface area contributed by atoms with E-state index in [0.717, 1.165) is 18.7 Å². The minimum Gasteiger partial charge on any atom is -0.469 e. The normalized spacial score (nSPS) is 10.7. The lowest BCUT2D eigenvalue weighted by Crippen LogP contribution is -2.04. The molecule has 0 fully saturated rings. The molecule has 2 aromatic heterocycles. The zero-order valence-electron chi connectivity index (χ0n) is 8.66. The molecule has 0 saturated carbocycles. The van der Waals surface area contributed by atoms with Gasteiger partial charge in [0, 0.05) is 24.4 Å². The average Bonchev–Trinajstić information content (AvgIpc) is 2.76. The molecule has 2 nitrogen and oxygen atoms in total. The maximum absolute atomic E-state index is 5.30. The fourth-order valence-electron chi connectivity index (χ4n) is 1.73. The summed E-state index contributed by atoms with van der Waals surface area (Å²) in [4.78, 5) is 0. The van der Waals surface area contributed by atoms with Gasteiger partial charge >= 0.3 is 0 Å². The fourth-order valence-corrected chi connectivity index (χ4v) is 1.73. The van der Waals surface area contributed by atoms with Crippen molar-refractivity contribution in [1.82, 2.24) is 4.57 Å². The van der Waals surface area contributed by atoms with Crippen molar-refractivity contribution in [2.45, 2.75) is 26.8 Å². The van der Waals surface area contributed by atoms with Gasteiger partial charge < -0.3 is 8.98 Å². The lowest BCUT2D eigenvalue weighted by molar-refractivity contribution is 0.488. The summed E-state index contributed by atoms with van der Waals surface area (Å²) in [5.41, 5.74) is 2.63. The molecular formula is C12H15NO. The van der Waals surface area contributed by atoms with Crippen molar-refractivity contribution in [2.75, 3.05) is 0 Å². The van der Waals surface area contributed by atoms with Gasteiger partial charge in [0.25, 0.3) is 0 Å². The Morgan fingerprint density at radius 1 is 1.14 bits per heavy atom. The summed E-state index contributed by atoms with van der Waals surface area (Å²) >= 11 is 0. The number of nitrogens with zero attached hydrogens (tertiary/aromatic N) is 1. The summed E-state index contributed by atoms with van der Waals surface area (Å²) < 4.78 is 7.61. The van der Waals surface area contributed by atoms with Gasteiger partial charge in [-0.3, -0.25) is 0 Å². The van der Waals surface area contributed by atoms with Crippen LogP contribution in [0.5, 0.6) is 0 Å². The van der Waals surface area contributed by atoms with Crippen molar-refractivity contribution in [2.24, 2.45) is 0 Å². The Balaban J connectivity index is 2.05. The van der Waals surface area contributed by atoms with E-state index in [-0.39, 0.29) is 0 Å². The summed E-state index contributed by atoms with van der Waals surface area (Å²) in [7, 11) is 0. The first-order chi connectivity index (χ1) is 6.77. The van der Waals surface area contributed by atoms with E-state index in [2.05, 4.69) is 30.5 Å². The van der Waals surface area contributed by atoms with E-state index in [1.165, 1.54) is 11.4 Å². The van der Waals surface area contributed by atoms with Gasteiger partial charge in [-0.2, -0.15) is 0 Å². The highest BCUT2D eigenvalue weighted by Gasteiger charge is 2.01. The van der Waals surface area contributed by atoms with E-state index in [4.69, 9.17) is 4.42 Å². The van der Waals surface area contributed by atoms with Crippen LogP contribution >= 0.6 is 0 Å². The Kier molecular flexibility index (Phi) is 2.44. The minimum absolute atomic E-state index is 0.962. The van der Waals surface area contributed by atoms with Crippen LogP contribution in [0.4, 0.5) is 0 Å². The van der Waals surface area contributed by atoms with Gasteiger partial charge in [0.15, 0.2) is 0 Å². The van der Waals surface area contributed by atoms with Crippen LogP contribution in [-0.4, -0.2) is 4.57 Å². The summed E-state index contributed by atoms with van der Waals surface area (Å²) in [5.74, 6) is 1.05. The monoisotopic (exact) mass is 189 g/mol. The molecule has 0 saturated heterocycles. The molecule has 2 heteroatoms. The highest BCUT2D eigenvalue weighted by molar-refractivity contribution is 5.14. The van der Waals surface area contributed by atoms with Gasteiger partial charge in [-0.1, -0.05) is 0 Å². The third kappa shape index (κ3) is 1.74. The van der Waals surface area contributed by atoms with Crippen molar-refractivity contribution < 1.29 is 4.42 Å². The van der Waals surface area contributed by atoms with Gasteiger partial charge in [0.1, 0.15) is 5.76 Å². The SMILES string of the molecule is Cc1ccc(C)n1CCc1ccco1. The maximum Gasteiger partial charge on any atom is 0.105 e. The second-order valence-corrected chi connectivity index (χ2v) is 3.60. The highest BCUT2D eigenvalue weighted by Crippen LogP contribution is 2.09. The first kappa shape index (κ1) is 9.13. The summed E-state index contributed by atoms with van der Waals surface area (Å²) in [6, 6.07) is 8.26. The molecule has 0 atom stereocenters. The van der Waals surface area contributed by atoms with Gasteiger partial charge in [-0.25, -0.2) is 0 Å². The molecule has 0 unspecified atom stereocenters. The van der Waals surface area contributed by atoms with Crippen LogP contribution in [0.25, 0.3) is 0 Å². The van der Waals surface area contributed by atoms with Crippen LogP contribution in [0.1, 0.15) is 17.1 Å². The highest BCUT2D eigenvalue weighted by atomic mass is 16.3. The van der Waals surface area contributed by atoms with Crippen LogP contribution in [0.2, 0.25) is 0 Å². The molecule has 0 aromatic carbocycles. The maximum atomic E-state index is 5.30. The van der Waals surface area contributed by atoms with Crippen molar-refractivity contribution in [3.05, 3.63) is 47.7 Å². The van der Waals surface area contributed by atoms with E-state index < -0.39 is 0 Å². The Labute approximate surface area is 84.2 Å². The molecule has 2 heterocycles. The van der Waals surface area contributed by atoms with E-state index in [9.17, 15) is 0 Å².